The molecule has 0 aromatic carbocycles. The summed E-state index contributed by atoms with van der Waals surface area (Å²) in [5.74, 6) is 4.72. The summed E-state index contributed by atoms with van der Waals surface area (Å²) in [7, 11) is 0. The van der Waals surface area contributed by atoms with Crippen molar-refractivity contribution in [3.05, 3.63) is 21.4 Å². The van der Waals surface area contributed by atoms with Gasteiger partial charge in [-0.25, -0.2) is 0 Å². The van der Waals surface area contributed by atoms with E-state index in [0.29, 0.717) is 0 Å². The molecule has 1 unspecified atom stereocenters. The average molecular weight is 295 g/mol. The van der Waals surface area contributed by atoms with Crippen molar-refractivity contribution in [2.45, 2.75) is 51.3 Å². The average Bonchev–Trinajstić information content (AvgIpc) is 2.66. The highest BCUT2D eigenvalue weighted by Crippen LogP contribution is 2.60. The van der Waals surface area contributed by atoms with Crippen molar-refractivity contribution >= 4 is 22.9 Å². The first-order valence-electron chi connectivity index (χ1n) is 7.82. The smallest absolute Gasteiger partial charge is 0.0629 e. The van der Waals surface area contributed by atoms with Crippen molar-refractivity contribution in [3.8, 4) is 0 Å². The van der Waals surface area contributed by atoms with E-state index in [0.717, 1.165) is 29.6 Å². The largest absolute Gasteiger partial charge is 0.146 e. The van der Waals surface area contributed by atoms with Crippen LogP contribution < -0.4 is 0 Å². The molecule has 4 bridgehead atoms. The van der Waals surface area contributed by atoms with E-state index in [2.05, 4.69) is 19.9 Å². The van der Waals surface area contributed by atoms with Crippen LogP contribution in [0.1, 0.15) is 52.8 Å². The highest BCUT2D eigenvalue weighted by molar-refractivity contribution is 7.12. The Labute approximate surface area is 125 Å². The van der Waals surface area contributed by atoms with Crippen molar-refractivity contribution < 1.29 is 0 Å². The number of thiophene rings is 1. The van der Waals surface area contributed by atoms with Gasteiger partial charge in [0, 0.05) is 9.75 Å². The van der Waals surface area contributed by atoms with Crippen molar-refractivity contribution in [1.82, 2.24) is 0 Å². The number of alkyl halides is 1. The van der Waals surface area contributed by atoms with Crippen LogP contribution in [0.4, 0.5) is 0 Å². The van der Waals surface area contributed by atoms with Crippen LogP contribution in [0.15, 0.2) is 6.07 Å². The zero-order valence-electron chi connectivity index (χ0n) is 11.9. The van der Waals surface area contributed by atoms with E-state index in [1.807, 2.05) is 11.3 Å². The maximum Gasteiger partial charge on any atom is 0.0629 e. The van der Waals surface area contributed by atoms with Crippen LogP contribution in [0.25, 0.3) is 0 Å². The summed E-state index contributed by atoms with van der Waals surface area (Å²) in [6.07, 6.45) is 7.43. The number of halogens is 1. The van der Waals surface area contributed by atoms with Gasteiger partial charge in [0.2, 0.25) is 0 Å². The minimum Gasteiger partial charge on any atom is -0.146 e. The first-order valence-corrected chi connectivity index (χ1v) is 9.08. The van der Waals surface area contributed by atoms with E-state index in [4.69, 9.17) is 11.6 Å². The second kappa shape index (κ2) is 4.49. The number of aryl methyl sites for hydroxylation is 2. The minimum atomic E-state index is 0.278. The SMILES string of the molecule is Cc1cc(C(Cl)C2C3CC4CC(C3)CC2C4)c(C)s1. The maximum absolute atomic E-state index is 6.98. The van der Waals surface area contributed by atoms with Crippen LogP contribution in [-0.4, -0.2) is 0 Å². The molecule has 4 saturated carbocycles. The third-order valence-corrected chi connectivity index (χ3v) is 7.52. The van der Waals surface area contributed by atoms with Gasteiger partial charge in [-0.1, -0.05) is 0 Å². The fourth-order valence-corrected chi connectivity index (χ4v) is 7.25. The molecule has 4 aliphatic rings. The molecule has 1 heterocycles. The monoisotopic (exact) mass is 294 g/mol. The predicted molar refractivity (Wildman–Crippen MR) is 82.9 cm³/mol. The normalized spacial score (nSPS) is 41.7. The maximum atomic E-state index is 6.98. The summed E-state index contributed by atoms with van der Waals surface area (Å²) in [6.45, 7) is 4.46. The highest BCUT2D eigenvalue weighted by atomic mass is 35.5. The van der Waals surface area contributed by atoms with Gasteiger partial charge in [-0.05, 0) is 87.2 Å². The lowest BCUT2D eigenvalue weighted by atomic mass is 9.51. The van der Waals surface area contributed by atoms with Gasteiger partial charge in [-0.3, -0.25) is 0 Å². The second-order valence-corrected chi connectivity index (χ2v) is 9.21. The van der Waals surface area contributed by atoms with E-state index >= 15 is 0 Å². The number of hydrogen-bond acceptors (Lipinski definition) is 1. The Balaban J connectivity index is 1.63. The van der Waals surface area contributed by atoms with Gasteiger partial charge in [0.1, 0.15) is 0 Å². The van der Waals surface area contributed by atoms with Crippen molar-refractivity contribution in [2.24, 2.45) is 29.6 Å². The standard InChI is InChI=1S/C17H23ClS/c1-9-3-15(10(2)19-9)17(18)16-13-5-11-4-12(7-13)8-14(16)6-11/h3,11-14,16-17H,4-8H2,1-2H3. The fourth-order valence-electron chi connectivity index (χ4n) is 5.58. The first kappa shape index (κ1) is 12.7. The summed E-state index contributed by atoms with van der Waals surface area (Å²) in [4.78, 5) is 2.87. The summed E-state index contributed by atoms with van der Waals surface area (Å²) in [5, 5.41) is 0.278. The third-order valence-electron chi connectivity index (χ3n) is 6.01. The van der Waals surface area contributed by atoms with Gasteiger partial charge >= 0.3 is 0 Å². The zero-order valence-corrected chi connectivity index (χ0v) is 13.4. The molecular weight excluding hydrogens is 272 g/mol. The van der Waals surface area contributed by atoms with Gasteiger partial charge < -0.3 is 0 Å². The Hall–Kier alpha value is -0.0100. The van der Waals surface area contributed by atoms with E-state index < -0.39 is 0 Å². The van der Waals surface area contributed by atoms with Gasteiger partial charge in [0.15, 0.2) is 0 Å². The molecule has 19 heavy (non-hydrogen) atoms. The summed E-state index contributed by atoms with van der Waals surface area (Å²) in [6, 6.07) is 2.35. The molecule has 0 amide bonds. The van der Waals surface area contributed by atoms with Crippen LogP contribution in [0.5, 0.6) is 0 Å². The van der Waals surface area contributed by atoms with Crippen LogP contribution in [0.2, 0.25) is 0 Å². The van der Waals surface area contributed by atoms with E-state index in [9.17, 15) is 0 Å². The Morgan fingerprint density at radius 3 is 2.11 bits per heavy atom. The van der Waals surface area contributed by atoms with Crippen LogP contribution in [-0.2, 0) is 0 Å². The predicted octanol–water partition coefficient (Wildman–Crippen LogP) is 5.72. The van der Waals surface area contributed by atoms with Crippen LogP contribution in [0, 0.1) is 43.4 Å². The molecule has 4 fully saturated rings. The van der Waals surface area contributed by atoms with Gasteiger partial charge in [0.05, 0.1) is 5.38 Å². The quantitative estimate of drug-likeness (QED) is 0.612. The summed E-state index contributed by atoms with van der Waals surface area (Å²) in [5.41, 5.74) is 1.45. The molecule has 0 radical (unpaired) electrons. The molecule has 0 spiro atoms. The topological polar surface area (TPSA) is 0 Å². The van der Waals surface area contributed by atoms with Crippen molar-refractivity contribution in [1.29, 1.82) is 0 Å². The van der Waals surface area contributed by atoms with E-state index in [1.165, 1.54) is 47.4 Å². The van der Waals surface area contributed by atoms with Crippen LogP contribution >= 0.6 is 22.9 Å². The van der Waals surface area contributed by atoms with Gasteiger partial charge in [0.25, 0.3) is 0 Å². The number of hydrogen-bond donors (Lipinski definition) is 0. The molecule has 1 aromatic rings. The lowest BCUT2D eigenvalue weighted by molar-refractivity contribution is -0.0381. The lowest BCUT2D eigenvalue weighted by Gasteiger charge is -2.55. The molecule has 0 N–H and O–H groups in total. The molecule has 1 atom stereocenters. The van der Waals surface area contributed by atoms with Gasteiger partial charge in [-0.15, -0.1) is 22.9 Å². The Bertz CT molecular complexity index is 461. The first-order chi connectivity index (χ1) is 9.11. The molecule has 0 saturated heterocycles. The molecule has 4 aliphatic carbocycles. The Morgan fingerprint density at radius 2 is 1.63 bits per heavy atom. The molecular formula is C17H23ClS. The van der Waals surface area contributed by atoms with E-state index in [-0.39, 0.29) is 5.38 Å². The number of rotatable bonds is 2. The molecule has 2 heteroatoms. The molecule has 1 aromatic heterocycles. The zero-order chi connectivity index (χ0) is 13.1. The summed E-state index contributed by atoms with van der Waals surface area (Å²) >= 11 is 8.89. The Morgan fingerprint density at radius 1 is 1.05 bits per heavy atom. The molecule has 5 rings (SSSR count). The lowest BCUT2D eigenvalue weighted by Crippen LogP contribution is -2.46. The third kappa shape index (κ3) is 2.00. The Kier molecular flexibility index (Phi) is 3.01. The van der Waals surface area contributed by atoms with Crippen molar-refractivity contribution in [2.75, 3.05) is 0 Å². The van der Waals surface area contributed by atoms with E-state index in [1.54, 1.807) is 0 Å². The molecule has 0 aliphatic heterocycles. The summed E-state index contributed by atoms with van der Waals surface area (Å²) < 4.78 is 0. The highest BCUT2D eigenvalue weighted by Gasteiger charge is 2.50. The minimum absolute atomic E-state index is 0.278. The van der Waals surface area contributed by atoms with Crippen LogP contribution in [0.3, 0.4) is 0 Å². The second-order valence-electron chi connectivity index (χ2n) is 7.28. The molecule has 0 nitrogen and oxygen atoms in total. The fraction of sp³-hybridized carbons (Fsp3) is 0.765. The van der Waals surface area contributed by atoms with Gasteiger partial charge in [-0.2, -0.15) is 0 Å². The van der Waals surface area contributed by atoms with Crippen molar-refractivity contribution in [3.63, 3.8) is 0 Å². The molecule has 104 valence electrons.